The van der Waals surface area contributed by atoms with Gasteiger partial charge in [0.15, 0.2) is 5.75 Å². The number of rotatable bonds is 7. The molecule has 9 heteroatoms. The van der Waals surface area contributed by atoms with E-state index in [0.717, 1.165) is 17.7 Å². The van der Waals surface area contributed by atoms with Crippen LogP contribution in [0.2, 0.25) is 0 Å². The zero-order chi connectivity index (χ0) is 19.1. The third kappa shape index (κ3) is 5.20. The summed E-state index contributed by atoms with van der Waals surface area (Å²) in [5.74, 6) is -1.85. The minimum absolute atomic E-state index is 0.0241. The van der Waals surface area contributed by atoms with Gasteiger partial charge in [-0.05, 0) is 17.2 Å². The lowest BCUT2D eigenvalue weighted by atomic mass is 10.1. The highest BCUT2D eigenvalue weighted by Gasteiger charge is 2.23. The fourth-order valence-corrected chi connectivity index (χ4v) is 2.19. The molecule has 0 heterocycles. The summed E-state index contributed by atoms with van der Waals surface area (Å²) < 4.78 is 4.97. The number of phenolic OH excluding ortho intramolecular Hbond substituents is 1. The fourth-order valence-electron chi connectivity index (χ4n) is 2.19. The van der Waals surface area contributed by atoms with Crippen molar-refractivity contribution in [1.29, 1.82) is 0 Å². The lowest BCUT2D eigenvalue weighted by Crippen LogP contribution is -2.42. The summed E-state index contributed by atoms with van der Waals surface area (Å²) in [6.07, 6.45) is -1.13. The summed E-state index contributed by atoms with van der Waals surface area (Å²) in [6, 6.07) is 11.0. The molecule has 136 valence electrons. The van der Waals surface area contributed by atoms with Gasteiger partial charge >= 0.3 is 17.7 Å². The number of carbonyl (C=O) groups excluding carboxylic acids is 1. The fraction of sp³-hybridized carbons (Fsp3) is 0.176. The van der Waals surface area contributed by atoms with Crippen LogP contribution in [0.15, 0.2) is 48.5 Å². The molecule has 0 aliphatic heterocycles. The lowest BCUT2D eigenvalue weighted by molar-refractivity contribution is -0.385. The molecule has 0 saturated heterocycles. The highest BCUT2D eigenvalue weighted by molar-refractivity contribution is 5.80. The minimum Gasteiger partial charge on any atom is -0.502 e. The molecule has 2 rings (SSSR count). The van der Waals surface area contributed by atoms with E-state index in [2.05, 4.69) is 5.32 Å². The number of amides is 1. The third-order valence-corrected chi connectivity index (χ3v) is 3.48. The molecular formula is C17H16N2O7. The van der Waals surface area contributed by atoms with E-state index in [4.69, 9.17) is 4.74 Å². The van der Waals surface area contributed by atoms with Gasteiger partial charge < -0.3 is 20.3 Å². The quantitative estimate of drug-likeness (QED) is 0.508. The first kappa shape index (κ1) is 18.7. The molecule has 2 aromatic rings. The molecule has 0 fully saturated rings. The Balaban J connectivity index is 2.00. The van der Waals surface area contributed by atoms with Gasteiger partial charge in [0.05, 0.1) is 4.92 Å². The zero-order valence-corrected chi connectivity index (χ0v) is 13.5. The van der Waals surface area contributed by atoms with Gasteiger partial charge in [0.2, 0.25) is 0 Å². The van der Waals surface area contributed by atoms with Gasteiger partial charge in [-0.15, -0.1) is 0 Å². The van der Waals surface area contributed by atoms with Crippen LogP contribution in [0.5, 0.6) is 5.75 Å². The first-order valence-electron chi connectivity index (χ1n) is 7.53. The number of carbonyl (C=O) groups is 2. The van der Waals surface area contributed by atoms with E-state index in [0.29, 0.717) is 0 Å². The molecule has 0 aliphatic rings. The first-order valence-corrected chi connectivity index (χ1v) is 7.53. The van der Waals surface area contributed by atoms with Crippen molar-refractivity contribution in [3.05, 3.63) is 69.8 Å². The van der Waals surface area contributed by atoms with Crippen LogP contribution in [0.3, 0.4) is 0 Å². The van der Waals surface area contributed by atoms with E-state index < -0.39 is 34.5 Å². The van der Waals surface area contributed by atoms with Crippen molar-refractivity contribution in [2.45, 2.75) is 19.1 Å². The molecule has 0 aromatic heterocycles. The topological polar surface area (TPSA) is 139 Å². The Bertz CT molecular complexity index is 808. The number of carboxylic acid groups (broad SMARTS) is 1. The number of nitrogens with zero attached hydrogens (tertiary/aromatic N) is 1. The summed E-state index contributed by atoms with van der Waals surface area (Å²) in [4.78, 5) is 33.2. The Morgan fingerprint density at radius 2 is 1.85 bits per heavy atom. The largest absolute Gasteiger partial charge is 0.502 e. The van der Waals surface area contributed by atoms with E-state index in [-0.39, 0.29) is 18.6 Å². The second-order valence-electron chi connectivity index (χ2n) is 5.38. The summed E-state index contributed by atoms with van der Waals surface area (Å²) in [5.41, 5.74) is 0.465. The number of hydrogen-bond acceptors (Lipinski definition) is 6. The molecule has 0 spiro atoms. The number of nitro benzene ring substituents is 1. The first-order chi connectivity index (χ1) is 12.4. The normalized spacial score (nSPS) is 11.4. The van der Waals surface area contributed by atoms with Crippen LogP contribution < -0.4 is 5.32 Å². The smallest absolute Gasteiger partial charge is 0.408 e. The number of aromatic hydroxyl groups is 1. The van der Waals surface area contributed by atoms with Gasteiger partial charge in [0.25, 0.3) is 0 Å². The Morgan fingerprint density at radius 3 is 2.46 bits per heavy atom. The van der Waals surface area contributed by atoms with Crippen molar-refractivity contribution in [2.24, 2.45) is 0 Å². The van der Waals surface area contributed by atoms with E-state index >= 15 is 0 Å². The molecule has 1 atom stereocenters. The van der Waals surface area contributed by atoms with Crippen molar-refractivity contribution >= 4 is 17.7 Å². The molecule has 26 heavy (non-hydrogen) atoms. The van der Waals surface area contributed by atoms with Gasteiger partial charge in [0.1, 0.15) is 12.6 Å². The van der Waals surface area contributed by atoms with Gasteiger partial charge in [-0.2, -0.15) is 0 Å². The second kappa shape index (κ2) is 8.47. The average Bonchev–Trinajstić information content (AvgIpc) is 2.61. The monoisotopic (exact) mass is 360 g/mol. The SMILES string of the molecule is O=C(N[C@@H](Cc1ccc(O)c([N+](=O)[O-])c1)C(=O)O)OCc1ccccc1. The van der Waals surface area contributed by atoms with E-state index in [1.54, 1.807) is 30.3 Å². The van der Waals surface area contributed by atoms with Gasteiger partial charge in [0, 0.05) is 12.5 Å². The Kier molecular flexibility index (Phi) is 6.10. The summed E-state index contributed by atoms with van der Waals surface area (Å²) in [5, 5.41) is 31.7. The van der Waals surface area contributed by atoms with E-state index in [1.807, 2.05) is 0 Å². The number of phenols is 1. The number of carboxylic acids is 1. The Morgan fingerprint density at radius 1 is 1.15 bits per heavy atom. The van der Waals surface area contributed by atoms with Crippen LogP contribution in [-0.4, -0.2) is 33.2 Å². The summed E-state index contributed by atoms with van der Waals surface area (Å²) in [7, 11) is 0. The number of alkyl carbamates (subject to hydrolysis) is 1. The number of nitrogens with one attached hydrogen (secondary N) is 1. The van der Waals surface area contributed by atoms with Gasteiger partial charge in [-0.1, -0.05) is 36.4 Å². The molecule has 0 unspecified atom stereocenters. The maximum Gasteiger partial charge on any atom is 0.408 e. The predicted molar refractivity (Wildman–Crippen MR) is 89.7 cm³/mol. The van der Waals surface area contributed by atoms with Crippen LogP contribution in [-0.2, 0) is 22.6 Å². The highest BCUT2D eigenvalue weighted by Crippen LogP contribution is 2.26. The maximum absolute atomic E-state index is 11.8. The van der Waals surface area contributed by atoms with Crippen molar-refractivity contribution in [3.63, 3.8) is 0 Å². The van der Waals surface area contributed by atoms with Gasteiger partial charge in [-0.25, -0.2) is 9.59 Å². The zero-order valence-electron chi connectivity index (χ0n) is 13.5. The molecule has 9 nitrogen and oxygen atoms in total. The minimum atomic E-state index is -1.34. The molecule has 0 bridgehead atoms. The van der Waals surface area contributed by atoms with Crippen LogP contribution >= 0.6 is 0 Å². The molecular weight excluding hydrogens is 344 g/mol. The van der Waals surface area contributed by atoms with Crippen molar-refractivity contribution < 1.29 is 29.5 Å². The standard InChI is InChI=1S/C17H16N2O7/c20-15-7-6-12(9-14(15)19(24)25)8-13(16(21)22)18-17(23)26-10-11-4-2-1-3-5-11/h1-7,9,13,20H,8,10H2,(H,18,23)(H,21,22)/t13-/m0/s1. The second-order valence-corrected chi connectivity index (χ2v) is 5.38. The van der Waals surface area contributed by atoms with Gasteiger partial charge in [-0.3, -0.25) is 10.1 Å². The third-order valence-electron chi connectivity index (χ3n) is 3.48. The van der Waals surface area contributed by atoms with Crippen molar-refractivity contribution in [2.75, 3.05) is 0 Å². The summed E-state index contributed by atoms with van der Waals surface area (Å²) in [6.45, 7) is -0.0241. The molecule has 3 N–H and O–H groups in total. The van der Waals surface area contributed by atoms with Crippen LogP contribution in [0.4, 0.5) is 10.5 Å². The van der Waals surface area contributed by atoms with Crippen LogP contribution in [0.25, 0.3) is 0 Å². The number of nitro groups is 1. The summed E-state index contributed by atoms with van der Waals surface area (Å²) >= 11 is 0. The molecule has 1 amide bonds. The number of ether oxygens (including phenoxy) is 1. The maximum atomic E-state index is 11.8. The number of benzene rings is 2. The van der Waals surface area contributed by atoms with Crippen molar-refractivity contribution in [1.82, 2.24) is 5.32 Å². The molecule has 0 saturated carbocycles. The average molecular weight is 360 g/mol. The van der Waals surface area contributed by atoms with Crippen LogP contribution in [0, 0.1) is 10.1 Å². The Labute approximate surface area is 148 Å². The highest BCUT2D eigenvalue weighted by atomic mass is 16.6. The lowest BCUT2D eigenvalue weighted by Gasteiger charge is -2.15. The number of hydrogen-bond donors (Lipinski definition) is 3. The predicted octanol–water partition coefficient (Wildman–Crippen LogP) is 2.22. The van der Waals surface area contributed by atoms with Crippen molar-refractivity contribution in [3.8, 4) is 5.75 Å². The van der Waals surface area contributed by atoms with E-state index in [9.17, 15) is 29.9 Å². The molecule has 0 radical (unpaired) electrons. The van der Waals surface area contributed by atoms with E-state index in [1.165, 1.54) is 6.07 Å². The molecule has 2 aromatic carbocycles. The Hall–Kier alpha value is -3.62. The molecule has 0 aliphatic carbocycles. The van der Waals surface area contributed by atoms with Crippen LogP contribution in [0.1, 0.15) is 11.1 Å². The number of aliphatic carboxylic acids is 1.